The number of nitrogens with one attached hydrogen (secondary N) is 1. The molecule has 1 aliphatic rings. The summed E-state index contributed by atoms with van der Waals surface area (Å²) in [6.07, 6.45) is 9.67. The molecule has 1 heterocycles. The highest BCUT2D eigenvalue weighted by molar-refractivity contribution is 7.99. The molecule has 0 radical (unpaired) electrons. The molecule has 2 aromatic rings. The summed E-state index contributed by atoms with van der Waals surface area (Å²) in [6, 6.07) is 9.42. The van der Waals surface area contributed by atoms with Gasteiger partial charge in [-0.2, -0.15) is 11.8 Å². The van der Waals surface area contributed by atoms with Crippen molar-refractivity contribution in [2.24, 2.45) is 0 Å². The van der Waals surface area contributed by atoms with Crippen molar-refractivity contribution in [2.45, 2.75) is 44.0 Å². The van der Waals surface area contributed by atoms with E-state index in [0.29, 0.717) is 6.04 Å². The van der Waals surface area contributed by atoms with Crippen molar-refractivity contribution in [3.63, 3.8) is 0 Å². The van der Waals surface area contributed by atoms with E-state index in [1.807, 2.05) is 17.1 Å². The maximum atomic E-state index is 4.08. The van der Waals surface area contributed by atoms with Crippen molar-refractivity contribution in [3.05, 3.63) is 48.5 Å². The molecule has 1 aromatic heterocycles. The van der Waals surface area contributed by atoms with E-state index < -0.39 is 0 Å². The summed E-state index contributed by atoms with van der Waals surface area (Å²) in [6.45, 7) is 3.23. The summed E-state index contributed by atoms with van der Waals surface area (Å²) in [5.41, 5.74) is 2.52. The molecule has 3 rings (SSSR count). The summed E-state index contributed by atoms with van der Waals surface area (Å²) in [5.74, 6) is 1.22. The van der Waals surface area contributed by atoms with Crippen LogP contribution in [0.4, 0.5) is 0 Å². The number of nitrogens with zero attached hydrogens (tertiary/aromatic N) is 2. The molecule has 1 aliphatic carbocycles. The van der Waals surface area contributed by atoms with Crippen molar-refractivity contribution >= 4 is 11.8 Å². The Kier molecular flexibility index (Phi) is 4.99. The summed E-state index contributed by atoms with van der Waals surface area (Å²) in [5, 5.41) is 4.55. The van der Waals surface area contributed by atoms with E-state index in [9.17, 15) is 0 Å². The lowest BCUT2D eigenvalue weighted by atomic mass is 10.1. The van der Waals surface area contributed by atoms with Gasteiger partial charge in [0.15, 0.2) is 0 Å². The zero-order valence-electron chi connectivity index (χ0n) is 12.5. The quantitative estimate of drug-likeness (QED) is 0.883. The van der Waals surface area contributed by atoms with Gasteiger partial charge in [0.05, 0.1) is 6.33 Å². The van der Waals surface area contributed by atoms with Crippen molar-refractivity contribution in [1.82, 2.24) is 14.9 Å². The first-order chi connectivity index (χ1) is 10.4. The van der Waals surface area contributed by atoms with Gasteiger partial charge in [-0.25, -0.2) is 4.98 Å². The van der Waals surface area contributed by atoms with Crippen LogP contribution in [0, 0.1) is 0 Å². The van der Waals surface area contributed by atoms with Gasteiger partial charge in [-0.15, -0.1) is 0 Å². The highest BCUT2D eigenvalue weighted by Crippen LogP contribution is 2.30. The van der Waals surface area contributed by atoms with E-state index in [4.69, 9.17) is 0 Å². The molecule has 0 spiro atoms. The molecule has 2 unspecified atom stereocenters. The third-order valence-corrected chi connectivity index (χ3v) is 5.47. The standard InChI is InChI=1S/C17H23N3S/c1-2-21-17-5-3-4-16(17)19-12-14-6-8-15(9-7-14)20-11-10-18-13-20/h6-11,13,16-17,19H,2-5,12H2,1H3. The number of hydrogen-bond acceptors (Lipinski definition) is 3. The van der Waals surface area contributed by atoms with Crippen LogP contribution in [0.2, 0.25) is 0 Å². The normalized spacial score (nSPS) is 21.8. The lowest BCUT2D eigenvalue weighted by Crippen LogP contribution is -2.33. The average Bonchev–Trinajstić information content (AvgIpc) is 3.18. The summed E-state index contributed by atoms with van der Waals surface area (Å²) in [7, 11) is 0. The first-order valence-corrected chi connectivity index (χ1v) is 8.84. The van der Waals surface area contributed by atoms with E-state index in [0.717, 1.165) is 17.5 Å². The molecule has 1 saturated carbocycles. The highest BCUT2D eigenvalue weighted by Gasteiger charge is 2.26. The lowest BCUT2D eigenvalue weighted by Gasteiger charge is -2.20. The molecule has 0 amide bonds. The van der Waals surface area contributed by atoms with Crippen molar-refractivity contribution in [1.29, 1.82) is 0 Å². The van der Waals surface area contributed by atoms with Crippen LogP contribution in [0.1, 0.15) is 31.7 Å². The zero-order chi connectivity index (χ0) is 14.5. The molecule has 0 aliphatic heterocycles. The fraction of sp³-hybridized carbons (Fsp3) is 0.471. The summed E-state index contributed by atoms with van der Waals surface area (Å²) >= 11 is 2.11. The summed E-state index contributed by atoms with van der Waals surface area (Å²) < 4.78 is 2.03. The first kappa shape index (κ1) is 14.7. The van der Waals surface area contributed by atoms with Gasteiger partial charge in [0.1, 0.15) is 0 Å². The fourth-order valence-electron chi connectivity index (χ4n) is 3.02. The largest absolute Gasteiger partial charge is 0.309 e. The molecule has 21 heavy (non-hydrogen) atoms. The third kappa shape index (κ3) is 3.69. The molecule has 112 valence electrons. The first-order valence-electron chi connectivity index (χ1n) is 7.79. The van der Waals surface area contributed by atoms with E-state index in [1.54, 1.807) is 6.20 Å². The maximum Gasteiger partial charge on any atom is 0.0991 e. The number of rotatable bonds is 6. The predicted molar refractivity (Wildman–Crippen MR) is 90.0 cm³/mol. The molecule has 1 aromatic carbocycles. The van der Waals surface area contributed by atoms with Gasteiger partial charge < -0.3 is 9.88 Å². The lowest BCUT2D eigenvalue weighted by molar-refractivity contribution is 0.532. The number of thioether (sulfide) groups is 1. The van der Waals surface area contributed by atoms with Crippen LogP contribution in [0.3, 0.4) is 0 Å². The van der Waals surface area contributed by atoms with Crippen LogP contribution in [0.25, 0.3) is 5.69 Å². The second-order valence-electron chi connectivity index (χ2n) is 5.55. The van der Waals surface area contributed by atoms with Crippen LogP contribution in [-0.2, 0) is 6.54 Å². The molecule has 0 bridgehead atoms. The SMILES string of the molecule is CCSC1CCCC1NCc1ccc(-n2ccnc2)cc1. The molecular weight excluding hydrogens is 278 g/mol. The Morgan fingerprint density at radius 3 is 2.86 bits per heavy atom. The van der Waals surface area contributed by atoms with Crippen molar-refractivity contribution in [2.75, 3.05) is 5.75 Å². The van der Waals surface area contributed by atoms with Gasteiger partial charge >= 0.3 is 0 Å². The number of hydrogen-bond donors (Lipinski definition) is 1. The van der Waals surface area contributed by atoms with Gasteiger partial charge in [0.2, 0.25) is 0 Å². The number of aromatic nitrogens is 2. The molecule has 1 N–H and O–H groups in total. The van der Waals surface area contributed by atoms with Crippen LogP contribution >= 0.6 is 11.8 Å². The van der Waals surface area contributed by atoms with E-state index in [1.165, 1.54) is 30.6 Å². The third-order valence-electron chi connectivity index (χ3n) is 4.14. The van der Waals surface area contributed by atoms with Crippen LogP contribution in [-0.4, -0.2) is 26.6 Å². The van der Waals surface area contributed by atoms with Crippen molar-refractivity contribution < 1.29 is 0 Å². The molecule has 0 saturated heterocycles. The molecule has 3 nitrogen and oxygen atoms in total. The maximum absolute atomic E-state index is 4.08. The topological polar surface area (TPSA) is 29.9 Å². The van der Waals surface area contributed by atoms with E-state index in [2.05, 4.69) is 53.3 Å². The zero-order valence-corrected chi connectivity index (χ0v) is 13.4. The van der Waals surface area contributed by atoms with E-state index in [-0.39, 0.29) is 0 Å². The van der Waals surface area contributed by atoms with Crippen LogP contribution in [0.15, 0.2) is 43.0 Å². The molecule has 4 heteroatoms. The number of benzene rings is 1. The monoisotopic (exact) mass is 301 g/mol. The Labute approximate surface area is 131 Å². The van der Waals surface area contributed by atoms with Crippen LogP contribution in [0.5, 0.6) is 0 Å². The van der Waals surface area contributed by atoms with Gasteiger partial charge in [0, 0.05) is 35.9 Å². The predicted octanol–water partition coefficient (Wildman–Crippen LogP) is 3.64. The highest BCUT2D eigenvalue weighted by atomic mass is 32.2. The van der Waals surface area contributed by atoms with Crippen LogP contribution < -0.4 is 5.32 Å². The Bertz CT molecular complexity index is 536. The summed E-state index contributed by atoms with van der Waals surface area (Å²) in [4.78, 5) is 4.08. The minimum atomic E-state index is 0.684. The molecule has 2 atom stereocenters. The smallest absolute Gasteiger partial charge is 0.0991 e. The van der Waals surface area contributed by atoms with E-state index >= 15 is 0 Å². The van der Waals surface area contributed by atoms with Gasteiger partial charge in [0.25, 0.3) is 0 Å². The second-order valence-corrected chi connectivity index (χ2v) is 7.06. The molecule has 1 fully saturated rings. The van der Waals surface area contributed by atoms with Gasteiger partial charge in [-0.05, 0) is 36.3 Å². The van der Waals surface area contributed by atoms with Crippen molar-refractivity contribution in [3.8, 4) is 5.69 Å². The minimum Gasteiger partial charge on any atom is -0.309 e. The Morgan fingerprint density at radius 2 is 2.14 bits per heavy atom. The second kappa shape index (κ2) is 7.14. The fourth-order valence-corrected chi connectivity index (χ4v) is 4.25. The Balaban J connectivity index is 1.56. The Morgan fingerprint density at radius 1 is 1.29 bits per heavy atom. The molecular formula is C17H23N3S. The minimum absolute atomic E-state index is 0.684. The Hall–Kier alpha value is -1.26. The van der Waals surface area contributed by atoms with Gasteiger partial charge in [-0.1, -0.05) is 25.5 Å². The average molecular weight is 301 g/mol. The number of imidazole rings is 1. The van der Waals surface area contributed by atoms with Gasteiger partial charge in [-0.3, -0.25) is 0 Å².